The van der Waals surface area contributed by atoms with Crippen LogP contribution in [0.4, 0.5) is 5.69 Å². The molecule has 2 N–H and O–H groups in total. The number of hydrogen-bond donors (Lipinski definition) is 2. The van der Waals surface area contributed by atoms with E-state index in [1.165, 1.54) is 0 Å². The third-order valence-electron chi connectivity index (χ3n) is 3.81. The lowest BCUT2D eigenvalue weighted by Crippen LogP contribution is -2.18. The van der Waals surface area contributed by atoms with Gasteiger partial charge in [-0.3, -0.25) is 9.59 Å². The zero-order valence-electron chi connectivity index (χ0n) is 14.1. The van der Waals surface area contributed by atoms with Gasteiger partial charge >= 0.3 is 5.63 Å². The minimum absolute atomic E-state index is 0.0906. The molecule has 26 heavy (non-hydrogen) atoms. The third kappa shape index (κ3) is 3.94. The van der Waals surface area contributed by atoms with E-state index in [9.17, 15) is 14.4 Å². The highest BCUT2D eigenvalue weighted by molar-refractivity contribution is 5.95. The first-order valence-electron chi connectivity index (χ1n) is 8.07. The molecule has 0 radical (unpaired) electrons. The first kappa shape index (κ1) is 17.3. The first-order chi connectivity index (χ1) is 12.6. The maximum Gasteiger partial charge on any atom is 0.358 e. The number of amides is 2. The van der Waals surface area contributed by atoms with Crippen LogP contribution in [0.1, 0.15) is 22.5 Å². The molecular formula is C19H17N3O4. The van der Waals surface area contributed by atoms with Crippen molar-refractivity contribution >= 4 is 28.6 Å². The highest BCUT2D eigenvalue weighted by Gasteiger charge is 2.10. The highest BCUT2D eigenvalue weighted by atomic mass is 16.4. The van der Waals surface area contributed by atoms with Crippen LogP contribution in [0.25, 0.3) is 11.1 Å². The minimum Gasteiger partial charge on any atom is -0.420 e. The van der Waals surface area contributed by atoms with E-state index in [1.54, 1.807) is 55.6 Å². The normalized spacial score (nSPS) is 10.5. The largest absolute Gasteiger partial charge is 0.420 e. The van der Waals surface area contributed by atoms with E-state index in [0.29, 0.717) is 22.4 Å². The van der Waals surface area contributed by atoms with Gasteiger partial charge in [0.15, 0.2) is 5.58 Å². The fourth-order valence-electron chi connectivity index (χ4n) is 2.45. The molecule has 2 aromatic carbocycles. The number of anilines is 1. The second-order valence-electron chi connectivity index (χ2n) is 5.62. The molecule has 0 saturated heterocycles. The summed E-state index contributed by atoms with van der Waals surface area (Å²) in [4.78, 5) is 39.8. The van der Waals surface area contributed by atoms with Crippen molar-refractivity contribution in [3.8, 4) is 0 Å². The van der Waals surface area contributed by atoms with Gasteiger partial charge in [-0.2, -0.15) is 0 Å². The fraction of sp³-hybridized carbons (Fsp3) is 0.158. The molecule has 1 aromatic heterocycles. The van der Waals surface area contributed by atoms with Crippen LogP contribution in [0.5, 0.6) is 0 Å². The van der Waals surface area contributed by atoms with E-state index in [2.05, 4.69) is 15.6 Å². The van der Waals surface area contributed by atoms with Crippen LogP contribution in [-0.2, 0) is 11.2 Å². The topological polar surface area (TPSA) is 101 Å². The zero-order valence-corrected chi connectivity index (χ0v) is 14.1. The quantitative estimate of drug-likeness (QED) is 0.733. The van der Waals surface area contributed by atoms with E-state index < -0.39 is 5.63 Å². The summed E-state index contributed by atoms with van der Waals surface area (Å²) < 4.78 is 5.20. The predicted molar refractivity (Wildman–Crippen MR) is 97.1 cm³/mol. The molecule has 0 atom stereocenters. The molecule has 0 bridgehead atoms. The molecule has 3 aromatic rings. The number of benzene rings is 2. The summed E-state index contributed by atoms with van der Waals surface area (Å²) in [5.41, 5.74) is 1.75. The van der Waals surface area contributed by atoms with Crippen molar-refractivity contribution in [2.24, 2.45) is 0 Å². The Balaban J connectivity index is 1.63. The van der Waals surface area contributed by atoms with Crippen molar-refractivity contribution in [2.75, 3.05) is 12.4 Å². The minimum atomic E-state index is -0.536. The van der Waals surface area contributed by atoms with Crippen LogP contribution < -0.4 is 16.3 Å². The summed E-state index contributed by atoms with van der Waals surface area (Å²) in [6.07, 6.45) is 0.266. The number of carbonyl (C=O) groups is 2. The number of aromatic nitrogens is 1. The second kappa shape index (κ2) is 7.60. The third-order valence-corrected chi connectivity index (χ3v) is 3.81. The van der Waals surface area contributed by atoms with Crippen LogP contribution in [0.15, 0.2) is 57.7 Å². The summed E-state index contributed by atoms with van der Waals surface area (Å²) in [5.74, 6) is -0.455. The summed E-state index contributed by atoms with van der Waals surface area (Å²) >= 11 is 0. The van der Waals surface area contributed by atoms with Gasteiger partial charge in [0.05, 0.1) is 0 Å². The number of carbonyl (C=O) groups excluding carboxylic acids is 2. The average Bonchev–Trinajstić information content (AvgIpc) is 2.66. The summed E-state index contributed by atoms with van der Waals surface area (Å²) in [7, 11) is 1.55. The Bertz CT molecular complexity index is 1010. The zero-order chi connectivity index (χ0) is 18.5. The molecule has 3 rings (SSSR count). The summed E-state index contributed by atoms with van der Waals surface area (Å²) in [6, 6.07) is 13.5. The molecule has 0 saturated carbocycles. The van der Waals surface area contributed by atoms with Crippen molar-refractivity contribution in [3.63, 3.8) is 0 Å². The van der Waals surface area contributed by atoms with Crippen LogP contribution >= 0.6 is 0 Å². The molecule has 0 fully saturated rings. The Kier molecular flexibility index (Phi) is 5.07. The second-order valence-corrected chi connectivity index (χ2v) is 5.62. The van der Waals surface area contributed by atoms with Crippen LogP contribution in [0, 0.1) is 0 Å². The molecule has 1 heterocycles. The van der Waals surface area contributed by atoms with Gasteiger partial charge in [0.2, 0.25) is 5.91 Å². The highest BCUT2D eigenvalue weighted by Crippen LogP contribution is 2.12. The van der Waals surface area contributed by atoms with Gasteiger partial charge in [-0.15, -0.1) is 0 Å². The van der Waals surface area contributed by atoms with Crippen LogP contribution in [0.3, 0.4) is 0 Å². The first-order valence-corrected chi connectivity index (χ1v) is 8.07. The van der Waals surface area contributed by atoms with Gasteiger partial charge < -0.3 is 15.1 Å². The summed E-state index contributed by atoms with van der Waals surface area (Å²) in [6.45, 7) is 0. The van der Waals surface area contributed by atoms with E-state index in [-0.39, 0.29) is 30.3 Å². The average molecular weight is 351 g/mol. The number of nitrogens with zero attached hydrogens (tertiary/aromatic N) is 1. The SMILES string of the molecule is CNC(=O)c1ccc(NC(=O)CCc2nc3ccccc3oc2=O)cc1. The monoisotopic (exact) mass is 351 g/mol. The van der Waals surface area contributed by atoms with Gasteiger partial charge in [0.25, 0.3) is 5.91 Å². The molecular weight excluding hydrogens is 334 g/mol. The Morgan fingerprint density at radius 3 is 2.54 bits per heavy atom. The van der Waals surface area contributed by atoms with E-state index >= 15 is 0 Å². The lowest BCUT2D eigenvalue weighted by molar-refractivity contribution is -0.116. The number of rotatable bonds is 5. The number of para-hydroxylation sites is 2. The standard InChI is InChI=1S/C19H17N3O4/c1-20-18(24)12-6-8-13(9-7-12)21-17(23)11-10-15-19(25)26-16-5-3-2-4-14(16)22-15/h2-9H,10-11H2,1H3,(H,20,24)(H,21,23). The lowest BCUT2D eigenvalue weighted by atomic mass is 10.2. The lowest BCUT2D eigenvalue weighted by Gasteiger charge is -2.06. The van der Waals surface area contributed by atoms with Gasteiger partial charge in [-0.25, -0.2) is 9.78 Å². The van der Waals surface area contributed by atoms with Crippen LogP contribution in [0.2, 0.25) is 0 Å². The maximum absolute atomic E-state index is 12.1. The van der Waals surface area contributed by atoms with Gasteiger partial charge in [-0.1, -0.05) is 12.1 Å². The van der Waals surface area contributed by atoms with E-state index in [0.717, 1.165) is 0 Å². The molecule has 7 heteroatoms. The van der Waals surface area contributed by atoms with Crippen molar-refractivity contribution in [2.45, 2.75) is 12.8 Å². The fourth-order valence-corrected chi connectivity index (χ4v) is 2.45. The Hall–Kier alpha value is -3.48. The van der Waals surface area contributed by atoms with E-state index in [4.69, 9.17) is 4.42 Å². The Labute approximate surface area is 149 Å². The molecule has 0 unspecified atom stereocenters. The summed E-state index contributed by atoms with van der Waals surface area (Å²) in [5, 5.41) is 5.25. The Morgan fingerprint density at radius 2 is 1.81 bits per heavy atom. The molecule has 132 valence electrons. The van der Waals surface area contributed by atoms with Gasteiger partial charge in [-0.05, 0) is 36.4 Å². The van der Waals surface area contributed by atoms with Crippen molar-refractivity contribution < 1.29 is 14.0 Å². The van der Waals surface area contributed by atoms with Crippen molar-refractivity contribution in [1.82, 2.24) is 10.3 Å². The smallest absolute Gasteiger partial charge is 0.358 e. The van der Waals surface area contributed by atoms with Crippen LogP contribution in [-0.4, -0.2) is 23.8 Å². The molecule has 0 spiro atoms. The molecule has 0 aliphatic rings. The molecule has 0 aliphatic heterocycles. The predicted octanol–water partition coefficient (Wildman–Crippen LogP) is 2.12. The van der Waals surface area contributed by atoms with Crippen molar-refractivity contribution in [3.05, 3.63) is 70.2 Å². The van der Waals surface area contributed by atoms with E-state index in [1.807, 2.05) is 0 Å². The molecule has 7 nitrogen and oxygen atoms in total. The molecule has 2 amide bonds. The van der Waals surface area contributed by atoms with Gasteiger partial charge in [0, 0.05) is 31.1 Å². The number of fused-ring (bicyclic) bond motifs is 1. The number of nitrogens with one attached hydrogen (secondary N) is 2. The van der Waals surface area contributed by atoms with Gasteiger partial charge in [0.1, 0.15) is 11.2 Å². The number of hydrogen-bond acceptors (Lipinski definition) is 5. The molecule has 0 aliphatic carbocycles. The Morgan fingerprint density at radius 1 is 1.08 bits per heavy atom. The van der Waals surface area contributed by atoms with Crippen molar-refractivity contribution in [1.29, 1.82) is 0 Å². The number of aryl methyl sites for hydroxylation is 1. The maximum atomic E-state index is 12.1.